The number of hydrogen-bond donors (Lipinski definition) is 1. The first kappa shape index (κ1) is 17.4. The molecule has 124 valence electrons. The molecule has 0 heterocycles. The van der Waals surface area contributed by atoms with Gasteiger partial charge in [-0.2, -0.15) is 0 Å². The molecule has 0 fully saturated rings. The standard InChI is InChI=1S/C20H26O3/c1-5-20(3,16-6-10-18(22-4)11-7-16)17-8-12-19(13-9-17)23-14-15(2)21/h6-13,15,21H,5,14H2,1-4H3. The highest BCUT2D eigenvalue weighted by atomic mass is 16.5. The van der Waals surface area contributed by atoms with E-state index in [-0.39, 0.29) is 5.41 Å². The average Bonchev–Trinajstić information content (AvgIpc) is 2.59. The van der Waals surface area contributed by atoms with E-state index >= 15 is 0 Å². The van der Waals surface area contributed by atoms with E-state index in [0.717, 1.165) is 17.9 Å². The number of rotatable bonds is 7. The fourth-order valence-electron chi connectivity index (χ4n) is 2.67. The zero-order valence-electron chi connectivity index (χ0n) is 14.4. The van der Waals surface area contributed by atoms with Gasteiger partial charge in [0.25, 0.3) is 0 Å². The summed E-state index contributed by atoms with van der Waals surface area (Å²) in [6.45, 7) is 6.47. The Morgan fingerprint density at radius 3 is 1.83 bits per heavy atom. The van der Waals surface area contributed by atoms with Gasteiger partial charge in [-0.1, -0.05) is 38.1 Å². The largest absolute Gasteiger partial charge is 0.497 e. The summed E-state index contributed by atoms with van der Waals surface area (Å²) in [6.07, 6.45) is 0.530. The third kappa shape index (κ3) is 4.05. The fourth-order valence-corrected chi connectivity index (χ4v) is 2.67. The molecule has 0 amide bonds. The van der Waals surface area contributed by atoms with Crippen molar-refractivity contribution in [2.75, 3.05) is 13.7 Å². The van der Waals surface area contributed by atoms with Crippen molar-refractivity contribution < 1.29 is 14.6 Å². The molecular weight excluding hydrogens is 288 g/mol. The molecule has 2 atom stereocenters. The smallest absolute Gasteiger partial charge is 0.119 e. The van der Waals surface area contributed by atoms with Gasteiger partial charge in [0.15, 0.2) is 0 Å². The fraction of sp³-hybridized carbons (Fsp3) is 0.400. The van der Waals surface area contributed by atoms with Crippen molar-refractivity contribution in [1.82, 2.24) is 0 Å². The van der Waals surface area contributed by atoms with E-state index in [1.54, 1.807) is 14.0 Å². The summed E-state index contributed by atoms with van der Waals surface area (Å²) < 4.78 is 10.8. The van der Waals surface area contributed by atoms with Gasteiger partial charge in [-0.05, 0) is 48.7 Å². The van der Waals surface area contributed by atoms with E-state index in [0.29, 0.717) is 6.61 Å². The minimum atomic E-state index is -0.463. The van der Waals surface area contributed by atoms with E-state index in [2.05, 4.69) is 38.1 Å². The lowest BCUT2D eigenvalue weighted by Gasteiger charge is -2.30. The average molecular weight is 314 g/mol. The summed E-state index contributed by atoms with van der Waals surface area (Å²) in [6, 6.07) is 16.4. The number of methoxy groups -OCH3 is 1. The lowest BCUT2D eigenvalue weighted by atomic mass is 9.74. The Morgan fingerprint density at radius 2 is 1.43 bits per heavy atom. The van der Waals surface area contributed by atoms with Crippen LogP contribution in [0.1, 0.15) is 38.3 Å². The van der Waals surface area contributed by atoms with Crippen LogP contribution in [0.15, 0.2) is 48.5 Å². The van der Waals surface area contributed by atoms with E-state index < -0.39 is 6.10 Å². The molecule has 2 rings (SSSR count). The third-order valence-corrected chi connectivity index (χ3v) is 4.42. The normalized spacial score (nSPS) is 14.8. The van der Waals surface area contributed by atoms with Gasteiger partial charge in [-0.25, -0.2) is 0 Å². The summed E-state index contributed by atoms with van der Waals surface area (Å²) in [4.78, 5) is 0. The molecule has 0 aliphatic carbocycles. The quantitative estimate of drug-likeness (QED) is 0.833. The van der Waals surface area contributed by atoms with Crippen molar-refractivity contribution in [2.24, 2.45) is 0 Å². The molecule has 23 heavy (non-hydrogen) atoms. The first-order valence-electron chi connectivity index (χ1n) is 8.05. The SMILES string of the molecule is CCC(C)(c1ccc(OC)cc1)c1ccc(OCC(C)O)cc1. The number of aliphatic hydroxyl groups is 1. The molecule has 3 nitrogen and oxygen atoms in total. The number of ether oxygens (including phenoxy) is 2. The third-order valence-electron chi connectivity index (χ3n) is 4.42. The predicted octanol–water partition coefficient (Wildman–Crippen LogP) is 4.17. The van der Waals surface area contributed by atoms with Gasteiger partial charge in [0.1, 0.15) is 18.1 Å². The molecule has 0 saturated heterocycles. The predicted molar refractivity (Wildman–Crippen MR) is 93.4 cm³/mol. The van der Waals surface area contributed by atoms with Crippen molar-refractivity contribution >= 4 is 0 Å². The van der Waals surface area contributed by atoms with Gasteiger partial charge in [-0.3, -0.25) is 0 Å². The zero-order chi connectivity index (χ0) is 16.9. The second-order valence-electron chi connectivity index (χ2n) is 6.10. The van der Waals surface area contributed by atoms with Crippen molar-refractivity contribution in [3.8, 4) is 11.5 Å². The maximum absolute atomic E-state index is 9.29. The molecule has 0 aliphatic heterocycles. The summed E-state index contributed by atoms with van der Waals surface area (Å²) in [5, 5.41) is 9.29. The van der Waals surface area contributed by atoms with E-state index in [1.807, 2.05) is 24.3 Å². The summed E-state index contributed by atoms with van der Waals surface area (Å²) in [7, 11) is 1.68. The minimum Gasteiger partial charge on any atom is -0.497 e. The van der Waals surface area contributed by atoms with Crippen LogP contribution in [0.3, 0.4) is 0 Å². The Labute approximate surface area is 138 Å². The first-order valence-corrected chi connectivity index (χ1v) is 8.05. The van der Waals surface area contributed by atoms with Gasteiger partial charge >= 0.3 is 0 Å². The van der Waals surface area contributed by atoms with Gasteiger partial charge in [0, 0.05) is 5.41 Å². The van der Waals surface area contributed by atoms with Crippen LogP contribution in [0.25, 0.3) is 0 Å². The summed E-state index contributed by atoms with van der Waals surface area (Å²) in [5.74, 6) is 1.65. The monoisotopic (exact) mass is 314 g/mol. The maximum Gasteiger partial charge on any atom is 0.119 e. The van der Waals surface area contributed by atoms with Gasteiger partial charge in [-0.15, -0.1) is 0 Å². The maximum atomic E-state index is 9.29. The van der Waals surface area contributed by atoms with Gasteiger partial charge in [0.05, 0.1) is 13.2 Å². The summed E-state index contributed by atoms with van der Waals surface area (Å²) >= 11 is 0. The molecule has 2 unspecified atom stereocenters. The molecule has 2 aromatic carbocycles. The van der Waals surface area contributed by atoms with Crippen LogP contribution in [0, 0.1) is 0 Å². The van der Waals surface area contributed by atoms with Crippen LogP contribution >= 0.6 is 0 Å². The lowest BCUT2D eigenvalue weighted by molar-refractivity contribution is 0.122. The van der Waals surface area contributed by atoms with Crippen molar-refractivity contribution in [3.05, 3.63) is 59.7 Å². The summed E-state index contributed by atoms with van der Waals surface area (Å²) in [5.41, 5.74) is 2.45. The molecular formula is C20H26O3. The Morgan fingerprint density at radius 1 is 0.957 bits per heavy atom. The molecule has 0 aliphatic rings. The Hall–Kier alpha value is -2.00. The highest BCUT2D eigenvalue weighted by Gasteiger charge is 2.26. The second-order valence-corrected chi connectivity index (χ2v) is 6.10. The molecule has 0 radical (unpaired) electrons. The van der Waals surface area contributed by atoms with E-state index in [9.17, 15) is 5.11 Å². The lowest BCUT2D eigenvalue weighted by Crippen LogP contribution is -2.22. The Bertz CT molecular complexity index is 602. The van der Waals surface area contributed by atoms with Gasteiger partial charge in [0.2, 0.25) is 0 Å². The topological polar surface area (TPSA) is 38.7 Å². The van der Waals surface area contributed by atoms with Crippen molar-refractivity contribution in [1.29, 1.82) is 0 Å². The minimum absolute atomic E-state index is 0.0604. The van der Waals surface area contributed by atoms with E-state index in [4.69, 9.17) is 9.47 Å². The van der Waals surface area contributed by atoms with Crippen LogP contribution in [0.5, 0.6) is 11.5 Å². The molecule has 3 heteroatoms. The highest BCUT2D eigenvalue weighted by Crippen LogP contribution is 2.36. The van der Waals surface area contributed by atoms with Crippen LogP contribution in [0.4, 0.5) is 0 Å². The van der Waals surface area contributed by atoms with Crippen LogP contribution in [0.2, 0.25) is 0 Å². The molecule has 0 spiro atoms. The van der Waals surface area contributed by atoms with Crippen LogP contribution in [-0.2, 0) is 5.41 Å². The number of aliphatic hydroxyl groups excluding tert-OH is 1. The first-order chi connectivity index (χ1) is 11.0. The Balaban J connectivity index is 2.24. The number of hydrogen-bond acceptors (Lipinski definition) is 3. The van der Waals surface area contributed by atoms with Crippen LogP contribution in [-0.4, -0.2) is 24.9 Å². The molecule has 0 bridgehead atoms. The molecule has 0 aromatic heterocycles. The zero-order valence-corrected chi connectivity index (χ0v) is 14.4. The van der Waals surface area contributed by atoms with E-state index in [1.165, 1.54) is 11.1 Å². The molecule has 0 saturated carbocycles. The molecule has 1 N–H and O–H groups in total. The highest BCUT2D eigenvalue weighted by molar-refractivity contribution is 5.42. The second kappa shape index (κ2) is 7.51. The van der Waals surface area contributed by atoms with Crippen LogP contribution < -0.4 is 9.47 Å². The molecule has 2 aromatic rings. The number of benzene rings is 2. The Kier molecular flexibility index (Phi) is 5.67. The van der Waals surface area contributed by atoms with Crippen molar-refractivity contribution in [2.45, 2.75) is 38.7 Å². The van der Waals surface area contributed by atoms with Crippen molar-refractivity contribution in [3.63, 3.8) is 0 Å². The van der Waals surface area contributed by atoms with Gasteiger partial charge < -0.3 is 14.6 Å².